The molecule has 0 aromatic carbocycles. The van der Waals surface area contributed by atoms with Crippen LogP contribution in [0.5, 0.6) is 0 Å². The van der Waals surface area contributed by atoms with Crippen molar-refractivity contribution < 1.29 is 23.1 Å². The van der Waals surface area contributed by atoms with Crippen molar-refractivity contribution >= 4 is 16.0 Å². The topological polar surface area (TPSA) is 92.7 Å². The third kappa shape index (κ3) is 3.66. The molecule has 0 aromatic heterocycles. The van der Waals surface area contributed by atoms with Crippen LogP contribution in [0, 0.1) is 5.92 Å². The van der Waals surface area contributed by atoms with Gasteiger partial charge >= 0.3 is 5.97 Å². The van der Waals surface area contributed by atoms with Crippen LogP contribution < -0.4 is 4.72 Å². The zero-order valence-electron chi connectivity index (χ0n) is 10.2. The maximum Gasteiger partial charge on any atom is 0.321 e. The third-order valence-corrected chi connectivity index (χ3v) is 5.44. The van der Waals surface area contributed by atoms with Crippen LogP contribution in [0.2, 0.25) is 0 Å². The maximum atomic E-state index is 12.1. The molecule has 1 atom stereocenters. The van der Waals surface area contributed by atoms with Gasteiger partial charge in [-0.25, -0.2) is 13.1 Å². The molecule has 1 saturated carbocycles. The lowest BCUT2D eigenvalue weighted by Crippen LogP contribution is -2.46. The molecular weight excluding hydrogens is 258 g/mol. The number of ether oxygens (including phenoxy) is 1. The second-order valence-electron chi connectivity index (χ2n) is 5.04. The van der Waals surface area contributed by atoms with Gasteiger partial charge in [0.2, 0.25) is 10.0 Å². The van der Waals surface area contributed by atoms with Gasteiger partial charge in [-0.05, 0) is 25.2 Å². The Kier molecular flexibility index (Phi) is 4.24. The summed E-state index contributed by atoms with van der Waals surface area (Å²) < 4.78 is 31.6. The Morgan fingerprint density at radius 1 is 1.28 bits per heavy atom. The Morgan fingerprint density at radius 3 is 2.39 bits per heavy atom. The van der Waals surface area contributed by atoms with Gasteiger partial charge in [-0.15, -0.1) is 0 Å². The zero-order valence-corrected chi connectivity index (χ0v) is 11.0. The molecule has 2 aliphatic rings. The highest BCUT2D eigenvalue weighted by Gasteiger charge is 2.35. The van der Waals surface area contributed by atoms with Gasteiger partial charge in [0.05, 0.1) is 5.25 Å². The fraction of sp³-hybridized carbons (Fsp3) is 0.909. The number of carboxylic acids is 1. The van der Waals surface area contributed by atoms with Gasteiger partial charge in [0.1, 0.15) is 6.04 Å². The average Bonchev–Trinajstić information content (AvgIpc) is 3.13. The van der Waals surface area contributed by atoms with Gasteiger partial charge in [-0.2, -0.15) is 0 Å². The SMILES string of the molecule is O=C(O)[C@H](CC1CC1)NS(=O)(=O)C1CCOCC1. The molecule has 6 nitrogen and oxygen atoms in total. The number of hydrogen-bond acceptors (Lipinski definition) is 4. The Bertz CT molecular complexity index is 398. The molecule has 1 saturated heterocycles. The van der Waals surface area contributed by atoms with Crippen LogP contribution in [-0.2, 0) is 19.6 Å². The molecule has 7 heteroatoms. The number of aliphatic carboxylic acids is 1. The summed E-state index contributed by atoms with van der Waals surface area (Å²) in [6.07, 6.45) is 3.28. The van der Waals surface area contributed by atoms with Crippen molar-refractivity contribution in [2.45, 2.75) is 43.4 Å². The lowest BCUT2D eigenvalue weighted by Gasteiger charge is -2.24. The van der Waals surface area contributed by atoms with Crippen LogP contribution in [0.15, 0.2) is 0 Å². The number of carbonyl (C=O) groups is 1. The lowest BCUT2D eigenvalue weighted by atomic mass is 10.1. The summed E-state index contributed by atoms with van der Waals surface area (Å²) in [7, 11) is -3.56. The average molecular weight is 277 g/mol. The van der Waals surface area contributed by atoms with E-state index in [0.717, 1.165) is 12.8 Å². The Balaban J connectivity index is 1.96. The fourth-order valence-corrected chi connectivity index (χ4v) is 3.77. The minimum atomic E-state index is -3.56. The Morgan fingerprint density at radius 2 is 1.89 bits per heavy atom. The van der Waals surface area contributed by atoms with Gasteiger partial charge < -0.3 is 9.84 Å². The minimum absolute atomic E-state index is 0.364. The van der Waals surface area contributed by atoms with Gasteiger partial charge in [-0.1, -0.05) is 12.8 Å². The fourth-order valence-electron chi connectivity index (χ4n) is 2.17. The molecule has 104 valence electrons. The second kappa shape index (κ2) is 5.54. The van der Waals surface area contributed by atoms with E-state index < -0.39 is 27.3 Å². The number of carboxylic acid groups (broad SMARTS) is 1. The largest absolute Gasteiger partial charge is 0.480 e. The first-order valence-electron chi connectivity index (χ1n) is 6.31. The molecule has 2 N–H and O–H groups in total. The van der Waals surface area contributed by atoms with Crippen LogP contribution in [-0.4, -0.2) is 44.0 Å². The smallest absolute Gasteiger partial charge is 0.321 e. The van der Waals surface area contributed by atoms with Crippen LogP contribution in [0.1, 0.15) is 32.1 Å². The highest BCUT2D eigenvalue weighted by Crippen LogP contribution is 2.33. The maximum absolute atomic E-state index is 12.1. The Labute approximate surface area is 107 Å². The first-order valence-corrected chi connectivity index (χ1v) is 7.85. The molecule has 1 heterocycles. The number of sulfonamides is 1. The minimum Gasteiger partial charge on any atom is -0.480 e. The number of rotatable bonds is 6. The third-order valence-electron chi connectivity index (χ3n) is 3.48. The van der Waals surface area contributed by atoms with Gasteiger partial charge in [0, 0.05) is 13.2 Å². The standard InChI is InChI=1S/C11H19NO5S/c13-11(14)10(7-8-1-2-8)12-18(15,16)9-3-5-17-6-4-9/h8-10,12H,1-7H2,(H,13,14)/t10-/m0/s1. The van der Waals surface area contributed by atoms with Crippen LogP contribution in [0.4, 0.5) is 0 Å². The van der Waals surface area contributed by atoms with Gasteiger partial charge in [-0.3, -0.25) is 4.79 Å². The predicted molar refractivity (Wildman–Crippen MR) is 64.7 cm³/mol. The van der Waals surface area contributed by atoms with Crippen molar-refractivity contribution in [1.29, 1.82) is 0 Å². The Hall–Kier alpha value is -0.660. The summed E-state index contributed by atoms with van der Waals surface area (Å²) in [6.45, 7) is 0.845. The molecule has 0 radical (unpaired) electrons. The van der Waals surface area contributed by atoms with E-state index in [4.69, 9.17) is 9.84 Å². The van der Waals surface area contributed by atoms with Crippen molar-refractivity contribution in [1.82, 2.24) is 4.72 Å². The van der Waals surface area contributed by atoms with Gasteiger partial charge in [0.15, 0.2) is 0 Å². The summed E-state index contributed by atoms with van der Waals surface area (Å²) in [5, 5.41) is 8.54. The first-order chi connectivity index (χ1) is 8.49. The number of nitrogens with one attached hydrogen (secondary N) is 1. The highest BCUT2D eigenvalue weighted by molar-refractivity contribution is 7.90. The van der Waals surface area contributed by atoms with Crippen molar-refractivity contribution in [2.75, 3.05) is 13.2 Å². The predicted octanol–water partition coefficient (Wildman–Crippen LogP) is 0.338. The molecular formula is C11H19NO5S. The van der Waals surface area contributed by atoms with Crippen LogP contribution in [0.3, 0.4) is 0 Å². The molecule has 0 amide bonds. The molecule has 0 aromatic rings. The molecule has 1 aliphatic carbocycles. The molecule has 18 heavy (non-hydrogen) atoms. The summed E-state index contributed by atoms with van der Waals surface area (Å²) in [4.78, 5) is 11.1. The van der Waals surface area contributed by atoms with E-state index in [-0.39, 0.29) is 0 Å². The van der Waals surface area contributed by atoms with E-state index in [1.807, 2.05) is 0 Å². The highest BCUT2D eigenvalue weighted by atomic mass is 32.2. The van der Waals surface area contributed by atoms with Crippen molar-refractivity contribution in [3.8, 4) is 0 Å². The zero-order chi connectivity index (χ0) is 13.2. The summed E-state index contributed by atoms with van der Waals surface area (Å²) in [6, 6.07) is -0.981. The summed E-state index contributed by atoms with van der Waals surface area (Å²) >= 11 is 0. The van der Waals surface area contributed by atoms with E-state index in [2.05, 4.69) is 4.72 Å². The van der Waals surface area contributed by atoms with Gasteiger partial charge in [0.25, 0.3) is 0 Å². The molecule has 0 spiro atoms. The van der Waals surface area contributed by atoms with E-state index in [1.165, 1.54) is 0 Å². The monoisotopic (exact) mass is 277 g/mol. The first kappa shape index (κ1) is 13.8. The lowest BCUT2D eigenvalue weighted by molar-refractivity contribution is -0.139. The second-order valence-corrected chi connectivity index (χ2v) is 7.04. The summed E-state index contributed by atoms with van der Waals surface area (Å²) in [5.74, 6) is -0.721. The quantitative estimate of drug-likeness (QED) is 0.730. The van der Waals surface area contributed by atoms with Crippen molar-refractivity contribution in [3.05, 3.63) is 0 Å². The normalized spacial score (nSPS) is 23.8. The van der Waals surface area contributed by atoms with Crippen LogP contribution >= 0.6 is 0 Å². The number of hydrogen-bond donors (Lipinski definition) is 2. The van der Waals surface area contributed by atoms with Crippen LogP contribution in [0.25, 0.3) is 0 Å². The summed E-state index contributed by atoms with van der Waals surface area (Å²) in [5.41, 5.74) is 0. The molecule has 0 unspecified atom stereocenters. The molecule has 2 fully saturated rings. The molecule has 2 rings (SSSR count). The molecule has 0 bridgehead atoms. The van der Waals surface area contributed by atoms with E-state index in [1.54, 1.807) is 0 Å². The van der Waals surface area contributed by atoms with Crippen molar-refractivity contribution in [3.63, 3.8) is 0 Å². The van der Waals surface area contributed by atoms with E-state index in [9.17, 15) is 13.2 Å². The van der Waals surface area contributed by atoms with E-state index in [0.29, 0.717) is 38.4 Å². The van der Waals surface area contributed by atoms with Crippen molar-refractivity contribution in [2.24, 2.45) is 5.92 Å². The van der Waals surface area contributed by atoms with E-state index >= 15 is 0 Å². The molecule has 1 aliphatic heterocycles.